The molecule has 0 saturated carbocycles. The van der Waals surface area contributed by atoms with E-state index in [1.807, 2.05) is 60.1 Å². The van der Waals surface area contributed by atoms with Gasteiger partial charge in [0.2, 0.25) is 0 Å². The fraction of sp³-hybridized carbons (Fsp3) is 0.407. The molecule has 3 rings (SSSR count). The molecule has 0 fully saturated rings. The van der Waals surface area contributed by atoms with Crippen molar-refractivity contribution in [3.05, 3.63) is 88.7 Å². The number of aromatic nitrogens is 2. The minimum absolute atomic E-state index is 0.0565. The number of rotatable bonds is 11. The Labute approximate surface area is 195 Å². The zero-order valence-corrected chi connectivity index (χ0v) is 19.7. The number of unbranched alkanes of at least 4 members (excludes halogenated alkanes) is 1. The summed E-state index contributed by atoms with van der Waals surface area (Å²) in [5, 5.41) is 7.04. The molecular formula is C27H33F2N3O. The molecule has 1 N–H and O–H groups in total. The first-order chi connectivity index (χ1) is 15.9. The average molecular weight is 454 g/mol. The lowest BCUT2D eigenvalue weighted by Gasteiger charge is -2.20. The molecule has 33 heavy (non-hydrogen) atoms. The zero-order valence-electron chi connectivity index (χ0n) is 19.7. The van der Waals surface area contributed by atoms with Gasteiger partial charge in [0.05, 0.1) is 13.1 Å². The lowest BCUT2D eigenvalue weighted by atomic mass is 9.88. The molecule has 0 spiro atoms. The highest BCUT2D eigenvalue weighted by Gasteiger charge is 2.30. The van der Waals surface area contributed by atoms with Gasteiger partial charge in [-0.15, -0.1) is 0 Å². The summed E-state index contributed by atoms with van der Waals surface area (Å²) in [4.78, 5) is 12.9. The Morgan fingerprint density at radius 2 is 1.70 bits per heavy atom. The summed E-state index contributed by atoms with van der Waals surface area (Å²) in [5.74, 6) is -3.44. The molecule has 1 heterocycles. The lowest BCUT2D eigenvalue weighted by molar-refractivity contribution is -0.00107. The first-order valence-electron chi connectivity index (χ1n) is 11.7. The topological polar surface area (TPSA) is 46.9 Å². The number of nitrogens with zero attached hydrogens (tertiary/aromatic N) is 2. The van der Waals surface area contributed by atoms with Gasteiger partial charge in [0.1, 0.15) is 0 Å². The van der Waals surface area contributed by atoms with Crippen molar-refractivity contribution in [2.75, 3.05) is 6.54 Å². The van der Waals surface area contributed by atoms with Crippen LogP contribution in [0.2, 0.25) is 0 Å². The Bertz CT molecular complexity index is 1030. The lowest BCUT2D eigenvalue weighted by Crippen LogP contribution is -2.36. The maximum atomic E-state index is 13.8. The van der Waals surface area contributed by atoms with Gasteiger partial charge in [-0.05, 0) is 24.5 Å². The van der Waals surface area contributed by atoms with Crippen molar-refractivity contribution in [3.8, 4) is 0 Å². The van der Waals surface area contributed by atoms with Crippen molar-refractivity contribution in [1.82, 2.24) is 15.1 Å². The number of benzene rings is 2. The SMILES string of the molecule is CCCCC(c1ccccc1)c1c(C)c(C(=O)NCC(F)(F)CC)nn1Cc1ccccc1. The molecule has 1 amide bonds. The van der Waals surface area contributed by atoms with Crippen LogP contribution < -0.4 is 5.32 Å². The second-order valence-corrected chi connectivity index (χ2v) is 8.50. The van der Waals surface area contributed by atoms with Crippen LogP contribution >= 0.6 is 0 Å². The van der Waals surface area contributed by atoms with Gasteiger partial charge in [0.15, 0.2) is 5.69 Å². The van der Waals surface area contributed by atoms with Gasteiger partial charge in [-0.2, -0.15) is 5.10 Å². The first kappa shape index (κ1) is 24.6. The third-order valence-corrected chi connectivity index (χ3v) is 6.03. The molecular weight excluding hydrogens is 420 g/mol. The number of alkyl halides is 2. The van der Waals surface area contributed by atoms with Gasteiger partial charge in [0, 0.05) is 23.6 Å². The molecule has 0 saturated heterocycles. The second-order valence-electron chi connectivity index (χ2n) is 8.50. The smallest absolute Gasteiger partial charge is 0.272 e. The summed E-state index contributed by atoms with van der Waals surface area (Å²) < 4.78 is 29.4. The molecule has 0 radical (unpaired) electrons. The maximum absolute atomic E-state index is 13.8. The van der Waals surface area contributed by atoms with Crippen LogP contribution in [-0.2, 0) is 6.54 Å². The van der Waals surface area contributed by atoms with E-state index in [2.05, 4.69) is 29.5 Å². The van der Waals surface area contributed by atoms with Crippen LogP contribution in [0.3, 0.4) is 0 Å². The summed E-state index contributed by atoms with van der Waals surface area (Å²) in [5.41, 5.74) is 4.14. The van der Waals surface area contributed by atoms with Gasteiger partial charge in [-0.25, -0.2) is 8.78 Å². The number of halogens is 2. The highest BCUT2D eigenvalue weighted by atomic mass is 19.3. The Morgan fingerprint density at radius 3 is 2.30 bits per heavy atom. The van der Waals surface area contributed by atoms with Crippen LogP contribution in [0.1, 0.15) is 78.3 Å². The second kappa shape index (κ2) is 11.2. The Morgan fingerprint density at radius 1 is 1.06 bits per heavy atom. The molecule has 0 aliphatic heterocycles. The average Bonchev–Trinajstić information content (AvgIpc) is 3.15. The molecule has 6 heteroatoms. The highest BCUT2D eigenvalue weighted by molar-refractivity contribution is 5.94. The largest absolute Gasteiger partial charge is 0.345 e. The number of amides is 1. The molecule has 1 aromatic heterocycles. The summed E-state index contributed by atoms with van der Waals surface area (Å²) in [6.07, 6.45) is 2.66. The summed E-state index contributed by atoms with van der Waals surface area (Å²) >= 11 is 0. The van der Waals surface area contributed by atoms with Gasteiger partial charge >= 0.3 is 0 Å². The van der Waals surface area contributed by atoms with E-state index in [1.54, 1.807) is 0 Å². The molecule has 0 aliphatic rings. The third-order valence-electron chi connectivity index (χ3n) is 6.03. The Kier molecular flexibility index (Phi) is 8.37. The monoisotopic (exact) mass is 453 g/mol. The maximum Gasteiger partial charge on any atom is 0.272 e. The highest BCUT2D eigenvalue weighted by Crippen LogP contribution is 2.33. The van der Waals surface area contributed by atoms with Gasteiger partial charge in [0.25, 0.3) is 11.8 Å². The van der Waals surface area contributed by atoms with Crippen LogP contribution in [0.5, 0.6) is 0 Å². The number of hydrogen-bond acceptors (Lipinski definition) is 2. The van der Waals surface area contributed by atoms with Crippen molar-refractivity contribution in [2.45, 2.75) is 64.8 Å². The summed E-state index contributed by atoms with van der Waals surface area (Å²) in [7, 11) is 0. The van der Waals surface area contributed by atoms with Crippen LogP contribution in [-0.4, -0.2) is 28.2 Å². The van der Waals surface area contributed by atoms with E-state index in [0.717, 1.165) is 41.6 Å². The van der Waals surface area contributed by atoms with Crippen molar-refractivity contribution < 1.29 is 13.6 Å². The predicted octanol–water partition coefficient (Wildman–Crippen LogP) is 6.34. The molecule has 2 aromatic carbocycles. The van der Waals surface area contributed by atoms with Crippen molar-refractivity contribution >= 4 is 5.91 Å². The van der Waals surface area contributed by atoms with Crippen LogP contribution in [0.15, 0.2) is 60.7 Å². The standard InChI is InChI=1S/C27H33F2N3O/c1-4-6-17-23(22-15-11-8-12-16-22)25-20(3)24(26(33)30-19-27(28,29)5-2)31-32(25)18-21-13-9-7-10-14-21/h7-16,23H,4-6,17-19H2,1-3H3,(H,30,33). The van der Waals surface area contributed by atoms with Gasteiger partial charge < -0.3 is 5.32 Å². The molecule has 176 valence electrons. The van der Waals surface area contributed by atoms with E-state index in [1.165, 1.54) is 6.92 Å². The number of hydrogen-bond donors (Lipinski definition) is 1. The molecule has 0 aliphatic carbocycles. The normalized spacial score (nSPS) is 12.5. The van der Waals surface area contributed by atoms with Crippen LogP contribution in [0.4, 0.5) is 8.78 Å². The number of carbonyl (C=O) groups is 1. The first-order valence-corrected chi connectivity index (χ1v) is 11.7. The number of nitrogens with one attached hydrogen (secondary N) is 1. The molecule has 1 atom stereocenters. The molecule has 1 unspecified atom stereocenters. The summed E-state index contributed by atoms with van der Waals surface area (Å²) in [6.45, 7) is 5.25. The van der Waals surface area contributed by atoms with Crippen molar-refractivity contribution in [1.29, 1.82) is 0 Å². The molecule has 4 nitrogen and oxygen atoms in total. The van der Waals surface area contributed by atoms with E-state index in [9.17, 15) is 13.6 Å². The fourth-order valence-electron chi connectivity index (χ4n) is 4.07. The quantitative estimate of drug-likeness (QED) is 0.368. The molecule has 0 bridgehead atoms. The Balaban J connectivity index is 2.04. The third kappa shape index (κ3) is 6.28. The van der Waals surface area contributed by atoms with Gasteiger partial charge in [-0.3, -0.25) is 9.48 Å². The van der Waals surface area contributed by atoms with E-state index in [-0.39, 0.29) is 18.0 Å². The Hall–Kier alpha value is -3.02. The fourth-order valence-corrected chi connectivity index (χ4v) is 4.07. The minimum Gasteiger partial charge on any atom is -0.345 e. The zero-order chi connectivity index (χ0) is 23.8. The van der Waals surface area contributed by atoms with E-state index < -0.39 is 18.4 Å². The minimum atomic E-state index is -2.94. The summed E-state index contributed by atoms with van der Waals surface area (Å²) in [6, 6.07) is 20.2. The number of carbonyl (C=O) groups excluding carboxylic acids is 1. The van der Waals surface area contributed by atoms with E-state index in [0.29, 0.717) is 6.54 Å². The van der Waals surface area contributed by atoms with Crippen molar-refractivity contribution in [2.24, 2.45) is 0 Å². The molecule has 3 aromatic rings. The van der Waals surface area contributed by atoms with Crippen LogP contribution in [0, 0.1) is 6.92 Å². The van der Waals surface area contributed by atoms with E-state index >= 15 is 0 Å². The van der Waals surface area contributed by atoms with E-state index in [4.69, 9.17) is 0 Å². The van der Waals surface area contributed by atoms with Gasteiger partial charge in [-0.1, -0.05) is 87.4 Å². The van der Waals surface area contributed by atoms with Crippen LogP contribution in [0.25, 0.3) is 0 Å². The predicted molar refractivity (Wildman–Crippen MR) is 128 cm³/mol. The van der Waals surface area contributed by atoms with Crippen molar-refractivity contribution in [3.63, 3.8) is 0 Å².